The quantitative estimate of drug-likeness (QED) is 0.169. The van der Waals surface area contributed by atoms with Crippen molar-refractivity contribution in [2.75, 3.05) is 54.9 Å². The Hall–Kier alpha value is -2.85. The first-order valence-electron chi connectivity index (χ1n) is 12.2. The maximum Gasteiger partial charge on any atom is 0.262 e. The van der Waals surface area contributed by atoms with Gasteiger partial charge in [-0.05, 0) is 31.2 Å². The zero-order valence-corrected chi connectivity index (χ0v) is 23.2. The van der Waals surface area contributed by atoms with Crippen molar-refractivity contribution in [1.29, 1.82) is 0 Å². The fraction of sp³-hybridized carbons (Fsp3) is 0.423. The molecule has 194 valence electrons. The van der Waals surface area contributed by atoms with Gasteiger partial charge in [-0.3, -0.25) is 9.59 Å². The maximum absolute atomic E-state index is 12.5. The van der Waals surface area contributed by atoms with Crippen molar-refractivity contribution in [3.63, 3.8) is 0 Å². The van der Waals surface area contributed by atoms with Gasteiger partial charge in [0, 0.05) is 45.1 Å². The summed E-state index contributed by atoms with van der Waals surface area (Å²) < 4.78 is 4.15. The molecule has 0 radical (unpaired) electrons. The highest BCUT2D eigenvalue weighted by Gasteiger charge is 2.20. The van der Waals surface area contributed by atoms with E-state index in [9.17, 15) is 9.59 Å². The molecule has 0 saturated carbocycles. The van der Waals surface area contributed by atoms with Crippen LogP contribution in [0.15, 0.2) is 48.5 Å². The van der Waals surface area contributed by atoms with Crippen molar-refractivity contribution in [3.05, 3.63) is 54.4 Å². The molecule has 0 saturated heterocycles. The fourth-order valence-electron chi connectivity index (χ4n) is 4.04. The van der Waals surface area contributed by atoms with Gasteiger partial charge in [0.1, 0.15) is 0 Å². The standard InChI is InChI=1S/C26H36N6O2S2/c1-5-31(22-11-7-6-10-21(22)27-3)18-25(33)28-14-16-35-36-17-15-29-26(34)19-32-20(2)30(4)23-12-8-9-13-24(23)32/h6-13,27H,5,14-19H2,1-4H3,(H-,28,29,33,34)/p+1. The van der Waals surface area contributed by atoms with Crippen LogP contribution in [0.1, 0.15) is 12.7 Å². The molecule has 0 spiro atoms. The smallest absolute Gasteiger partial charge is 0.262 e. The first-order chi connectivity index (χ1) is 17.5. The first-order valence-corrected chi connectivity index (χ1v) is 14.7. The van der Waals surface area contributed by atoms with Crippen LogP contribution >= 0.6 is 21.6 Å². The number of nitrogens with zero attached hydrogens (tertiary/aromatic N) is 3. The lowest BCUT2D eigenvalue weighted by Crippen LogP contribution is -2.38. The zero-order valence-electron chi connectivity index (χ0n) is 21.5. The number of carbonyl (C=O) groups excluding carboxylic acids is 2. The van der Waals surface area contributed by atoms with Crippen LogP contribution in [0, 0.1) is 6.92 Å². The molecule has 0 bridgehead atoms. The largest absolute Gasteiger partial charge is 0.386 e. The van der Waals surface area contributed by atoms with E-state index < -0.39 is 0 Å². The van der Waals surface area contributed by atoms with E-state index in [1.54, 1.807) is 21.6 Å². The number of fused-ring (bicyclic) bond motifs is 1. The SMILES string of the molecule is CCN(CC(=O)NCCSSCCNC(=O)Cn1c(C)[n+](C)c2ccccc21)c1ccccc1NC. The lowest BCUT2D eigenvalue weighted by atomic mass is 10.2. The molecule has 0 aliphatic carbocycles. The molecule has 0 aliphatic rings. The molecule has 0 aliphatic heterocycles. The van der Waals surface area contributed by atoms with Crippen LogP contribution < -0.4 is 25.4 Å². The molecule has 3 rings (SSSR count). The molecular weight excluding hydrogens is 492 g/mol. The summed E-state index contributed by atoms with van der Waals surface area (Å²) in [6.45, 7) is 6.69. The summed E-state index contributed by atoms with van der Waals surface area (Å²) in [6.07, 6.45) is 0. The third kappa shape index (κ3) is 7.33. The number of hydrogen-bond acceptors (Lipinski definition) is 6. The third-order valence-electron chi connectivity index (χ3n) is 6.04. The Morgan fingerprint density at radius 3 is 2.31 bits per heavy atom. The maximum atomic E-state index is 12.5. The average molecular weight is 530 g/mol. The second kappa shape index (κ2) is 14.0. The lowest BCUT2D eigenvalue weighted by molar-refractivity contribution is -0.652. The number of rotatable bonds is 14. The second-order valence-electron chi connectivity index (χ2n) is 8.31. The first kappa shape index (κ1) is 27.7. The van der Waals surface area contributed by atoms with Crippen molar-refractivity contribution in [1.82, 2.24) is 15.2 Å². The molecule has 8 nitrogen and oxygen atoms in total. The number of amides is 2. The van der Waals surface area contributed by atoms with Gasteiger partial charge in [-0.1, -0.05) is 45.9 Å². The van der Waals surface area contributed by atoms with E-state index >= 15 is 0 Å². The summed E-state index contributed by atoms with van der Waals surface area (Å²) in [6, 6.07) is 16.1. The minimum atomic E-state index is 0.0117. The van der Waals surface area contributed by atoms with E-state index in [1.165, 1.54) is 0 Å². The van der Waals surface area contributed by atoms with E-state index in [-0.39, 0.29) is 11.8 Å². The number of anilines is 2. The van der Waals surface area contributed by atoms with Crippen molar-refractivity contribution in [3.8, 4) is 0 Å². The topological polar surface area (TPSA) is 82.3 Å². The molecule has 0 unspecified atom stereocenters. The van der Waals surface area contributed by atoms with Crippen LogP contribution in [0.4, 0.5) is 11.4 Å². The molecule has 3 N–H and O–H groups in total. The monoisotopic (exact) mass is 529 g/mol. The Morgan fingerprint density at radius 1 is 0.972 bits per heavy atom. The molecular formula is C26H37N6O2S2+. The number of likely N-dealkylation sites (N-methyl/N-ethyl adjacent to an activating group) is 1. The average Bonchev–Trinajstić information content (AvgIpc) is 3.13. The van der Waals surface area contributed by atoms with Crippen LogP contribution in [0.3, 0.4) is 0 Å². The minimum absolute atomic E-state index is 0.0117. The Bertz CT molecular complexity index is 1170. The summed E-state index contributed by atoms with van der Waals surface area (Å²) in [4.78, 5) is 26.9. The predicted octanol–water partition coefficient (Wildman–Crippen LogP) is 2.96. The normalized spacial score (nSPS) is 10.9. The van der Waals surface area contributed by atoms with Crippen LogP contribution in [-0.4, -0.2) is 61.1 Å². The van der Waals surface area contributed by atoms with Gasteiger partial charge in [-0.15, -0.1) is 0 Å². The molecule has 1 heterocycles. The number of imidazole rings is 1. The van der Waals surface area contributed by atoms with E-state index in [0.29, 0.717) is 26.2 Å². The van der Waals surface area contributed by atoms with Gasteiger partial charge in [0.15, 0.2) is 17.6 Å². The van der Waals surface area contributed by atoms with E-state index in [2.05, 4.69) is 31.5 Å². The molecule has 36 heavy (non-hydrogen) atoms. The van der Waals surface area contributed by atoms with Gasteiger partial charge in [-0.25, -0.2) is 9.13 Å². The summed E-state index contributed by atoms with van der Waals surface area (Å²) in [5, 5.41) is 9.20. The zero-order chi connectivity index (χ0) is 25.9. The van der Waals surface area contributed by atoms with Gasteiger partial charge in [-0.2, -0.15) is 0 Å². The molecule has 0 fully saturated rings. The van der Waals surface area contributed by atoms with Crippen LogP contribution in [-0.2, 0) is 23.2 Å². The van der Waals surface area contributed by atoms with Crippen molar-refractivity contribution >= 4 is 55.8 Å². The van der Waals surface area contributed by atoms with E-state index in [0.717, 1.165) is 46.3 Å². The summed E-state index contributed by atoms with van der Waals surface area (Å²) in [7, 11) is 7.31. The lowest BCUT2D eigenvalue weighted by Gasteiger charge is -2.25. The van der Waals surface area contributed by atoms with Crippen molar-refractivity contribution in [2.45, 2.75) is 20.4 Å². The highest BCUT2D eigenvalue weighted by molar-refractivity contribution is 8.76. The molecule has 1 aromatic heterocycles. The third-order valence-corrected chi connectivity index (χ3v) is 8.45. The van der Waals surface area contributed by atoms with Crippen LogP contribution in [0.2, 0.25) is 0 Å². The van der Waals surface area contributed by atoms with Crippen LogP contribution in [0.25, 0.3) is 11.0 Å². The number of carbonyl (C=O) groups is 2. The molecule has 2 amide bonds. The number of nitrogens with one attached hydrogen (secondary N) is 3. The Morgan fingerprint density at radius 2 is 1.61 bits per heavy atom. The molecule has 2 aromatic carbocycles. The summed E-state index contributed by atoms with van der Waals surface area (Å²) in [5.41, 5.74) is 4.22. The number of aryl methyl sites for hydroxylation is 1. The highest BCUT2D eigenvalue weighted by atomic mass is 33.1. The number of para-hydroxylation sites is 4. The van der Waals surface area contributed by atoms with Crippen molar-refractivity contribution in [2.24, 2.45) is 7.05 Å². The van der Waals surface area contributed by atoms with Gasteiger partial charge < -0.3 is 20.9 Å². The Balaban J connectivity index is 1.29. The highest BCUT2D eigenvalue weighted by Crippen LogP contribution is 2.24. The molecule has 0 atom stereocenters. The Kier molecular flexibility index (Phi) is 10.8. The number of hydrogen-bond donors (Lipinski definition) is 3. The number of aromatic nitrogens is 2. The van der Waals surface area contributed by atoms with E-state index in [4.69, 9.17) is 0 Å². The van der Waals surface area contributed by atoms with Gasteiger partial charge in [0.25, 0.3) is 11.7 Å². The Labute approximate surface area is 221 Å². The van der Waals surface area contributed by atoms with Gasteiger partial charge in [0.2, 0.25) is 5.91 Å². The van der Waals surface area contributed by atoms with Crippen LogP contribution in [0.5, 0.6) is 0 Å². The predicted molar refractivity (Wildman–Crippen MR) is 153 cm³/mol. The molecule has 3 aromatic rings. The van der Waals surface area contributed by atoms with Gasteiger partial charge in [0.05, 0.1) is 25.0 Å². The minimum Gasteiger partial charge on any atom is -0.386 e. The fourth-order valence-corrected chi connectivity index (χ4v) is 5.86. The van der Waals surface area contributed by atoms with Crippen molar-refractivity contribution < 1.29 is 14.2 Å². The summed E-state index contributed by atoms with van der Waals surface area (Å²) >= 11 is 0. The number of benzene rings is 2. The second-order valence-corrected chi connectivity index (χ2v) is 11.0. The molecule has 10 heteroatoms. The van der Waals surface area contributed by atoms with Gasteiger partial charge >= 0.3 is 0 Å². The summed E-state index contributed by atoms with van der Waals surface area (Å²) in [5.74, 6) is 2.70. The van der Waals surface area contributed by atoms with E-state index in [1.807, 2.05) is 75.0 Å².